The van der Waals surface area contributed by atoms with Gasteiger partial charge in [0.1, 0.15) is 30.2 Å². The second-order valence-corrected chi connectivity index (χ2v) is 11.3. The zero-order valence-electron chi connectivity index (χ0n) is 25.8. The molecule has 0 aromatic heterocycles. The van der Waals surface area contributed by atoms with Gasteiger partial charge in [-0.3, -0.25) is 0 Å². The largest absolute Gasteiger partial charge is 0.462 e. The van der Waals surface area contributed by atoms with Gasteiger partial charge in [0, 0.05) is 0 Å². The fourth-order valence-corrected chi connectivity index (χ4v) is 5.48. The summed E-state index contributed by atoms with van der Waals surface area (Å²) in [6, 6.07) is 50.1. The molecule has 0 N–H and O–H groups in total. The van der Waals surface area contributed by atoms with E-state index in [0.29, 0.717) is 32.2 Å². The Morgan fingerprint density at radius 2 is 0.804 bits per heavy atom. The summed E-state index contributed by atoms with van der Waals surface area (Å²) in [4.78, 5) is 0. The Bertz CT molecular complexity index is 1540. The van der Waals surface area contributed by atoms with E-state index >= 15 is 0 Å². The Morgan fingerprint density at radius 3 is 1.28 bits per heavy atom. The Balaban J connectivity index is 1.31. The van der Waals surface area contributed by atoms with Crippen molar-refractivity contribution in [3.8, 4) is 5.75 Å². The van der Waals surface area contributed by atoms with Crippen molar-refractivity contribution >= 4 is 0 Å². The van der Waals surface area contributed by atoms with Gasteiger partial charge in [-0.1, -0.05) is 140 Å². The van der Waals surface area contributed by atoms with E-state index in [0.717, 1.165) is 22.3 Å². The van der Waals surface area contributed by atoms with E-state index in [-0.39, 0.29) is 6.61 Å². The summed E-state index contributed by atoms with van der Waals surface area (Å²) in [7, 11) is 0. The van der Waals surface area contributed by atoms with Gasteiger partial charge in [0.2, 0.25) is 6.29 Å². The minimum absolute atomic E-state index is 0.277. The lowest BCUT2D eigenvalue weighted by Crippen LogP contribution is -2.62. The number of rotatable bonds is 15. The molecular formula is C40H40O6. The first-order chi connectivity index (χ1) is 22.8. The fraction of sp³-hybridized carbons (Fsp3) is 0.250. The van der Waals surface area contributed by atoms with Gasteiger partial charge in [-0.2, -0.15) is 0 Å². The first-order valence-electron chi connectivity index (χ1n) is 15.8. The minimum atomic E-state index is -0.784. The van der Waals surface area contributed by atoms with Gasteiger partial charge in [0.05, 0.1) is 33.0 Å². The molecule has 0 aliphatic carbocycles. The third kappa shape index (κ3) is 9.13. The average molecular weight is 617 g/mol. The van der Waals surface area contributed by atoms with Crippen LogP contribution in [-0.4, -0.2) is 37.3 Å². The van der Waals surface area contributed by atoms with Crippen LogP contribution in [0.2, 0.25) is 0 Å². The van der Waals surface area contributed by atoms with Gasteiger partial charge >= 0.3 is 0 Å². The molecule has 5 atom stereocenters. The van der Waals surface area contributed by atoms with Gasteiger partial charge < -0.3 is 28.4 Å². The van der Waals surface area contributed by atoms with E-state index in [1.165, 1.54) is 0 Å². The second-order valence-electron chi connectivity index (χ2n) is 11.3. The molecule has 6 heteroatoms. The molecule has 6 rings (SSSR count). The van der Waals surface area contributed by atoms with Crippen LogP contribution in [0.4, 0.5) is 0 Å². The molecule has 5 aromatic rings. The number of para-hydroxylation sites is 1. The molecule has 5 aromatic carbocycles. The molecule has 236 valence electrons. The quantitative estimate of drug-likeness (QED) is 0.120. The van der Waals surface area contributed by atoms with E-state index in [4.69, 9.17) is 28.4 Å². The first kappa shape index (κ1) is 31.7. The van der Waals surface area contributed by atoms with Crippen LogP contribution < -0.4 is 4.74 Å². The smallest absolute Gasteiger partial charge is 0.229 e. The molecule has 1 aliphatic rings. The van der Waals surface area contributed by atoms with Crippen LogP contribution in [0.3, 0.4) is 0 Å². The van der Waals surface area contributed by atoms with E-state index in [9.17, 15) is 0 Å². The highest BCUT2D eigenvalue weighted by Gasteiger charge is 2.49. The predicted molar refractivity (Wildman–Crippen MR) is 177 cm³/mol. The molecule has 6 nitrogen and oxygen atoms in total. The van der Waals surface area contributed by atoms with Crippen LogP contribution in [0, 0.1) is 0 Å². The van der Waals surface area contributed by atoms with Crippen LogP contribution in [0.5, 0.6) is 5.75 Å². The van der Waals surface area contributed by atoms with Gasteiger partial charge in [-0.05, 0) is 34.4 Å². The lowest BCUT2D eigenvalue weighted by molar-refractivity contribution is -0.310. The van der Waals surface area contributed by atoms with E-state index in [2.05, 4.69) is 24.3 Å². The third-order valence-electron chi connectivity index (χ3n) is 7.84. The second kappa shape index (κ2) is 16.9. The van der Waals surface area contributed by atoms with Gasteiger partial charge in [0.25, 0.3) is 0 Å². The SMILES string of the molecule is c1ccc(COC[C@H]2O[C@@H](Oc3ccccc3)[C@@H](OCc3ccccc3)[C@@H](OCc3ccccc3)[C@@H]2OCc2ccccc2)cc1. The molecule has 1 aliphatic heterocycles. The molecule has 0 unspecified atom stereocenters. The van der Waals surface area contributed by atoms with E-state index in [1.54, 1.807) is 0 Å². The molecule has 0 saturated carbocycles. The zero-order chi connectivity index (χ0) is 31.2. The Morgan fingerprint density at radius 1 is 0.413 bits per heavy atom. The number of ether oxygens (including phenoxy) is 6. The van der Waals surface area contributed by atoms with Gasteiger partial charge in [0.15, 0.2) is 0 Å². The van der Waals surface area contributed by atoms with Crippen molar-refractivity contribution in [3.63, 3.8) is 0 Å². The van der Waals surface area contributed by atoms with Crippen LogP contribution in [0.1, 0.15) is 22.3 Å². The van der Waals surface area contributed by atoms with Gasteiger partial charge in [-0.15, -0.1) is 0 Å². The molecule has 46 heavy (non-hydrogen) atoms. The van der Waals surface area contributed by atoms with Crippen molar-refractivity contribution < 1.29 is 28.4 Å². The Hall–Kier alpha value is -4.30. The molecule has 0 spiro atoms. The van der Waals surface area contributed by atoms with Crippen molar-refractivity contribution in [2.24, 2.45) is 0 Å². The van der Waals surface area contributed by atoms with Crippen molar-refractivity contribution in [2.45, 2.75) is 57.1 Å². The summed E-state index contributed by atoms with van der Waals surface area (Å²) in [6.07, 6.45) is -2.96. The third-order valence-corrected chi connectivity index (χ3v) is 7.84. The van der Waals surface area contributed by atoms with Crippen LogP contribution in [-0.2, 0) is 50.1 Å². The van der Waals surface area contributed by atoms with Crippen LogP contribution >= 0.6 is 0 Å². The van der Waals surface area contributed by atoms with Crippen molar-refractivity contribution in [3.05, 3.63) is 174 Å². The summed E-state index contributed by atoms with van der Waals surface area (Å²) >= 11 is 0. The zero-order valence-corrected chi connectivity index (χ0v) is 25.8. The highest BCUT2D eigenvalue weighted by Crippen LogP contribution is 2.32. The van der Waals surface area contributed by atoms with Crippen molar-refractivity contribution in [2.75, 3.05) is 6.61 Å². The number of hydrogen-bond donors (Lipinski definition) is 0. The maximum Gasteiger partial charge on any atom is 0.229 e. The Kier molecular flexibility index (Phi) is 11.6. The molecule has 1 saturated heterocycles. The first-order valence-corrected chi connectivity index (χ1v) is 15.8. The lowest BCUT2D eigenvalue weighted by atomic mass is 9.97. The maximum atomic E-state index is 6.77. The number of benzene rings is 5. The number of hydrogen-bond acceptors (Lipinski definition) is 6. The molecule has 1 fully saturated rings. The summed E-state index contributed by atoms with van der Waals surface area (Å²) in [6.45, 7) is 1.83. The van der Waals surface area contributed by atoms with Crippen molar-refractivity contribution in [1.82, 2.24) is 0 Å². The highest BCUT2D eigenvalue weighted by molar-refractivity contribution is 5.22. The lowest BCUT2D eigenvalue weighted by Gasteiger charge is -2.45. The standard InChI is InChI=1S/C40H40O6/c1-6-16-31(17-7-1)26-41-30-36-37(42-27-32-18-8-2-9-19-32)38(43-28-33-20-10-3-11-21-33)39(44-29-34-22-12-4-13-23-34)40(46-36)45-35-24-14-5-15-25-35/h1-25,36-40H,26-30H2/t36-,37-,38+,39+,40-/m1/s1. The molecule has 0 bridgehead atoms. The normalized spacial score (nSPS) is 21.1. The molecule has 1 heterocycles. The topological polar surface area (TPSA) is 55.4 Å². The summed E-state index contributed by atoms with van der Waals surface area (Å²) in [5.41, 5.74) is 4.23. The maximum absolute atomic E-state index is 6.77. The molecular weight excluding hydrogens is 576 g/mol. The van der Waals surface area contributed by atoms with E-state index in [1.807, 2.05) is 127 Å². The summed E-state index contributed by atoms with van der Waals surface area (Å²) in [5, 5.41) is 0. The van der Waals surface area contributed by atoms with Crippen molar-refractivity contribution in [1.29, 1.82) is 0 Å². The minimum Gasteiger partial charge on any atom is -0.462 e. The fourth-order valence-electron chi connectivity index (χ4n) is 5.48. The van der Waals surface area contributed by atoms with Crippen LogP contribution in [0.25, 0.3) is 0 Å². The molecule has 0 amide bonds. The predicted octanol–water partition coefficient (Wildman–Crippen LogP) is 7.76. The summed E-state index contributed by atoms with van der Waals surface area (Å²) < 4.78 is 39.6. The highest BCUT2D eigenvalue weighted by atomic mass is 16.7. The van der Waals surface area contributed by atoms with Crippen LogP contribution in [0.15, 0.2) is 152 Å². The Labute approximate surface area is 271 Å². The van der Waals surface area contributed by atoms with Gasteiger partial charge in [-0.25, -0.2) is 0 Å². The average Bonchev–Trinajstić information content (AvgIpc) is 3.12. The monoisotopic (exact) mass is 616 g/mol. The molecule has 0 radical (unpaired) electrons. The summed E-state index contributed by atoms with van der Waals surface area (Å²) in [5.74, 6) is 0.676. The van der Waals surface area contributed by atoms with E-state index < -0.39 is 30.7 Å².